The number of halogens is 3. The van der Waals surface area contributed by atoms with Crippen molar-refractivity contribution < 1.29 is 9.53 Å². The Balaban J connectivity index is 2.35. The Kier molecular flexibility index (Phi) is 3.75. The van der Waals surface area contributed by atoms with Gasteiger partial charge in [-0.1, -0.05) is 34.8 Å². The number of ether oxygens (including phenoxy) is 1. The molecule has 2 nitrogen and oxygen atoms in total. The summed E-state index contributed by atoms with van der Waals surface area (Å²) >= 11 is 17.7. The molecule has 0 N–H and O–H groups in total. The van der Waals surface area contributed by atoms with Gasteiger partial charge < -0.3 is 4.74 Å². The molecule has 1 heterocycles. The molecule has 0 amide bonds. The molecule has 16 heavy (non-hydrogen) atoms. The fourth-order valence-corrected chi connectivity index (χ4v) is 2.73. The number of benzene rings is 1. The molecule has 0 aliphatic carbocycles. The molecule has 0 saturated carbocycles. The second-order valence-corrected chi connectivity index (χ2v) is 4.86. The van der Waals surface area contributed by atoms with Crippen molar-refractivity contribution >= 4 is 40.6 Å². The van der Waals surface area contributed by atoms with E-state index in [-0.39, 0.29) is 15.8 Å². The SMILES string of the molecule is O=C(c1c(Cl)cc(Cl)cc1Cl)C1CCCO1. The van der Waals surface area contributed by atoms with E-state index in [2.05, 4.69) is 0 Å². The van der Waals surface area contributed by atoms with Crippen LogP contribution < -0.4 is 0 Å². The number of rotatable bonds is 2. The maximum atomic E-state index is 12.1. The predicted octanol–water partition coefficient (Wildman–Crippen LogP) is 4.01. The number of ketones is 1. The van der Waals surface area contributed by atoms with Crippen molar-refractivity contribution in [2.45, 2.75) is 18.9 Å². The van der Waals surface area contributed by atoms with E-state index in [0.717, 1.165) is 6.42 Å². The average molecular weight is 280 g/mol. The molecular weight excluding hydrogens is 270 g/mol. The largest absolute Gasteiger partial charge is 0.370 e. The van der Waals surface area contributed by atoms with Crippen molar-refractivity contribution in [2.24, 2.45) is 0 Å². The Morgan fingerprint density at radius 3 is 2.38 bits per heavy atom. The highest BCUT2D eigenvalue weighted by Gasteiger charge is 2.28. The van der Waals surface area contributed by atoms with Crippen molar-refractivity contribution in [1.82, 2.24) is 0 Å². The minimum atomic E-state index is -0.420. The molecule has 1 fully saturated rings. The van der Waals surface area contributed by atoms with Gasteiger partial charge in [0.2, 0.25) is 0 Å². The molecule has 0 spiro atoms. The number of hydrogen-bond acceptors (Lipinski definition) is 2. The highest BCUT2D eigenvalue weighted by atomic mass is 35.5. The Morgan fingerprint density at radius 2 is 1.88 bits per heavy atom. The molecule has 0 aromatic heterocycles. The molecule has 1 aromatic carbocycles. The third-order valence-corrected chi connectivity index (χ3v) is 3.29. The molecule has 5 heteroatoms. The Hall–Kier alpha value is -0.280. The van der Waals surface area contributed by atoms with E-state index in [4.69, 9.17) is 39.5 Å². The van der Waals surface area contributed by atoms with Crippen LogP contribution in [0.15, 0.2) is 12.1 Å². The molecule has 1 aliphatic rings. The lowest BCUT2D eigenvalue weighted by atomic mass is 10.0. The van der Waals surface area contributed by atoms with Gasteiger partial charge in [0.1, 0.15) is 6.10 Å². The lowest BCUT2D eigenvalue weighted by molar-refractivity contribution is 0.0643. The van der Waals surface area contributed by atoms with Crippen LogP contribution in [0.3, 0.4) is 0 Å². The third-order valence-electron chi connectivity index (χ3n) is 2.48. The quantitative estimate of drug-likeness (QED) is 0.765. The summed E-state index contributed by atoms with van der Waals surface area (Å²) in [5, 5.41) is 0.967. The van der Waals surface area contributed by atoms with Crippen molar-refractivity contribution in [3.05, 3.63) is 32.8 Å². The second-order valence-electron chi connectivity index (χ2n) is 3.61. The van der Waals surface area contributed by atoms with Gasteiger partial charge in [-0.25, -0.2) is 0 Å². The maximum Gasteiger partial charge on any atom is 0.194 e. The van der Waals surface area contributed by atoms with Gasteiger partial charge in [-0.15, -0.1) is 0 Å². The zero-order chi connectivity index (χ0) is 11.7. The van der Waals surface area contributed by atoms with Crippen LogP contribution in [-0.2, 0) is 4.74 Å². The molecule has 1 aromatic rings. The van der Waals surface area contributed by atoms with Gasteiger partial charge in [0.05, 0.1) is 15.6 Å². The summed E-state index contributed by atoms with van der Waals surface area (Å²) in [5.41, 5.74) is 0.305. The van der Waals surface area contributed by atoms with Gasteiger partial charge in [0, 0.05) is 11.6 Å². The van der Waals surface area contributed by atoms with E-state index in [9.17, 15) is 4.79 Å². The summed E-state index contributed by atoms with van der Waals surface area (Å²) in [4.78, 5) is 12.1. The van der Waals surface area contributed by atoms with E-state index < -0.39 is 6.10 Å². The van der Waals surface area contributed by atoms with Gasteiger partial charge in [0.15, 0.2) is 5.78 Å². The van der Waals surface area contributed by atoms with Crippen molar-refractivity contribution in [1.29, 1.82) is 0 Å². The number of carbonyl (C=O) groups excluding carboxylic acids is 1. The first-order valence-electron chi connectivity index (χ1n) is 4.90. The molecule has 1 atom stereocenters. The smallest absolute Gasteiger partial charge is 0.194 e. The van der Waals surface area contributed by atoms with Crippen LogP contribution in [0.4, 0.5) is 0 Å². The van der Waals surface area contributed by atoms with Crippen molar-refractivity contribution in [2.75, 3.05) is 6.61 Å². The lowest BCUT2D eigenvalue weighted by Gasteiger charge is -2.11. The van der Waals surface area contributed by atoms with Crippen LogP contribution in [0.1, 0.15) is 23.2 Å². The summed E-state index contributed by atoms with van der Waals surface area (Å²) in [5.74, 6) is -0.163. The van der Waals surface area contributed by atoms with Gasteiger partial charge >= 0.3 is 0 Å². The molecular formula is C11H9Cl3O2. The first-order chi connectivity index (χ1) is 7.59. The van der Waals surface area contributed by atoms with Crippen molar-refractivity contribution in [3.8, 4) is 0 Å². The van der Waals surface area contributed by atoms with Crippen LogP contribution in [0, 0.1) is 0 Å². The summed E-state index contributed by atoms with van der Waals surface area (Å²) in [6.45, 7) is 0.610. The molecule has 0 radical (unpaired) electrons. The van der Waals surface area contributed by atoms with Gasteiger partial charge in [0.25, 0.3) is 0 Å². The normalized spacial score (nSPS) is 20.1. The zero-order valence-corrected chi connectivity index (χ0v) is 10.6. The Labute approximate surface area is 108 Å². The number of Topliss-reactive ketones (excluding diaryl/α,β-unsaturated/α-hetero) is 1. The average Bonchev–Trinajstić information content (AvgIpc) is 2.67. The van der Waals surface area contributed by atoms with E-state index in [1.807, 2.05) is 0 Å². The summed E-state index contributed by atoms with van der Waals surface area (Å²) in [7, 11) is 0. The molecule has 1 aliphatic heterocycles. The number of carbonyl (C=O) groups is 1. The minimum absolute atomic E-state index is 0.163. The summed E-state index contributed by atoms with van der Waals surface area (Å²) < 4.78 is 5.31. The molecule has 2 rings (SSSR count). The Bertz CT molecular complexity index is 402. The predicted molar refractivity (Wildman–Crippen MR) is 64.8 cm³/mol. The van der Waals surface area contributed by atoms with Crippen LogP contribution in [-0.4, -0.2) is 18.5 Å². The number of hydrogen-bond donors (Lipinski definition) is 0. The topological polar surface area (TPSA) is 26.3 Å². The van der Waals surface area contributed by atoms with Gasteiger partial charge in [-0.05, 0) is 25.0 Å². The fraction of sp³-hybridized carbons (Fsp3) is 0.364. The second kappa shape index (κ2) is 4.92. The monoisotopic (exact) mass is 278 g/mol. The van der Waals surface area contributed by atoms with Gasteiger partial charge in [-0.2, -0.15) is 0 Å². The fourth-order valence-electron chi connectivity index (χ4n) is 1.72. The van der Waals surface area contributed by atoms with E-state index in [1.54, 1.807) is 0 Å². The molecule has 1 saturated heterocycles. The van der Waals surface area contributed by atoms with Crippen LogP contribution in [0.2, 0.25) is 15.1 Å². The van der Waals surface area contributed by atoms with Crippen molar-refractivity contribution in [3.63, 3.8) is 0 Å². The third kappa shape index (κ3) is 2.35. The zero-order valence-electron chi connectivity index (χ0n) is 8.30. The van der Waals surface area contributed by atoms with Crippen LogP contribution >= 0.6 is 34.8 Å². The molecule has 86 valence electrons. The van der Waals surface area contributed by atoms with Crippen LogP contribution in [0.25, 0.3) is 0 Å². The minimum Gasteiger partial charge on any atom is -0.370 e. The summed E-state index contributed by atoms with van der Waals surface area (Å²) in [6.07, 6.45) is 1.18. The molecule has 1 unspecified atom stereocenters. The highest BCUT2D eigenvalue weighted by Crippen LogP contribution is 2.31. The van der Waals surface area contributed by atoms with E-state index >= 15 is 0 Å². The Morgan fingerprint density at radius 1 is 1.25 bits per heavy atom. The lowest BCUT2D eigenvalue weighted by Crippen LogP contribution is -2.20. The first-order valence-corrected chi connectivity index (χ1v) is 6.03. The standard InChI is InChI=1S/C11H9Cl3O2/c12-6-4-7(13)10(8(14)5-6)11(15)9-2-1-3-16-9/h4-5,9H,1-3H2. The summed E-state index contributed by atoms with van der Waals surface area (Å²) in [6, 6.07) is 3.02. The van der Waals surface area contributed by atoms with Gasteiger partial charge in [-0.3, -0.25) is 4.79 Å². The maximum absolute atomic E-state index is 12.1. The first kappa shape index (κ1) is 12.2. The van der Waals surface area contributed by atoms with E-state index in [0.29, 0.717) is 23.6 Å². The van der Waals surface area contributed by atoms with E-state index in [1.165, 1.54) is 12.1 Å². The highest BCUT2D eigenvalue weighted by molar-refractivity contribution is 6.42. The molecule has 0 bridgehead atoms. The van der Waals surface area contributed by atoms with Crippen LogP contribution in [0.5, 0.6) is 0 Å².